The topological polar surface area (TPSA) is 84.2 Å². The SMILES string of the molecule is NCC1(c2ccc(Cl)cc2)NC(=O)NC1=O. The van der Waals surface area contributed by atoms with Crippen molar-refractivity contribution in [2.45, 2.75) is 5.54 Å². The van der Waals surface area contributed by atoms with Crippen molar-refractivity contribution >= 4 is 23.5 Å². The molecule has 1 saturated heterocycles. The molecule has 4 N–H and O–H groups in total. The lowest BCUT2D eigenvalue weighted by atomic mass is 9.90. The predicted molar refractivity (Wildman–Crippen MR) is 58.9 cm³/mol. The van der Waals surface area contributed by atoms with Gasteiger partial charge in [-0.3, -0.25) is 10.1 Å². The maximum absolute atomic E-state index is 11.7. The Morgan fingerprint density at radius 2 is 1.88 bits per heavy atom. The second kappa shape index (κ2) is 3.77. The van der Waals surface area contributed by atoms with Gasteiger partial charge in [0.05, 0.1) is 0 Å². The minimum Gasteiger partial charge on any atom is -0.327 e. The Morgan fingerprint density at radius 1 is 1.25 bits per heavy atom. The summed E-state index contributed by atoms with van der Waals surface area (Å²) in [6, 6.07) is 6.09. The molecular formula is C10H10ClN3O2. The third-order valence-corrected chi connectivity index (χ3v) is 2.84. The van der Waals surface area contributed by atoms with Crippen molar-refractivity contribution in [2.75, 3.05) is 6.54 Å². The molecule has 1 aromatic carbocycles. The highest BCUT2D eigenvalue weighted by Crippen LogP contribution is 2.25. The van der Waals surface area contributed by atoms with Crippen LogP contribution in [0.5, 0.6) is 0 Å². The highest BCUT2D eigenvalue weighted by Gasteiger charge is 2.46. The molecule has 0 aromatic heterocycles. The monoisotopic (exact) mass is 239 g/mol. The number of carbonyl (C=O) groups excluding carboxylic acids is 2. The van der Waals surface area contributed by atoms with Crippen LogP contribution < -0.4 is 16.4 Å². The fraction of sp³-hybridized carbons (Fsp3) is 0.200. The molecule has 1 aromatic rings. The van der Waals surface area contributed by atoms with Crippen LogP contribution in [0.1, 0.15) is 5.56 Å². The average Bonchev–Trinajstić information content (AvgIpc) is 2.55. The van der Waals surface area contributed by atoms with Gasteiger partial charge in [-0.1, -0.05) is 23.7 Å². The van der Waals surface area contributed by atoms with E-state index in [0.717, 1.165) is 0 Å². The van der Waals surface area contributed by atoms with E-state index in [0.29, 0.717) is 10.6 Å². The molecule has 16 heavy (non-hydrogen) atoms. The molecule has 2 rings (SSSR count). The van der Waals surface area contributed by atoms with Crippen LogP contribution in [0, 0.1) is 0 Å². The maximum Gasteiger partial charge on any atom is 0.322 e. The van der Waals surface area contributed by atoms with E-state index in [1.165, 1.54) is 0 Å². The summed E-state index contributed by atoms with van der Waals surface area (Å²) >= 11 is 5.75. The summed E-state index contributed by atoms with van der Waals surface area (Å²) in [7, 11) is 0. The zero-order valence-corrected chi connectivity index (χ0v) is 9.04. The van der Waals surface area contributed by atoms with Gasteiger partial charge in [0, 0.05) is 11.6 Å². The van der Waals surface area contributed by atoms with Crippen LogP contribution in [0.15, 0.2) is 24.3 Å². The van der Waals surface area contributed by atoms with E-state index in [2.05, 4.69) is 10.6 Å². The van der Waals surface area contributed by atoms with Gasteiger partial charge in [-0.25, -0.2) is 4.79 Å². The van der Waals surface area contributed by atoms with E-state index in [1.54, 1.807) is 24.3 Å². The van der Waals surface area contributed by atoms with Crippen molar-refractivity contribution < 1.29 is 9.59 Å². The molecule has 1 heterocycles. The number of hydrogen-bond donors (Lipinski definition) is 3. The van der Waals surface area contributed by atoms with Gasteiger partial charge in [-0.05, 0) is 17.7 Å². The van der Waals surface area contributed by atoms with Crippen LogP contribution in [0.2, 0.25) is 5.02 Å². The molecule has 1 aliphatic rings. The Morgan fingerprint density at radius 3 is 2.31 bits per heavy atom. The molecule has 6 heteroatoms. The first-order valence-corrected chi connectivity index (χ1v) is 5.06. The maximum atomic E-state index is 11.7. The van der Waals surface area contributed by atoms with Crippen LogP contribution in [-0.4, -0.2) is 18.5 Å². The molecule has 1 unspecified atom stereocenters. The number of nitrogens with one attached hydrogen (secondary N) is 2. The molecule has 3 amide bonds. The van der Waals surface area contributed by atoms with Crippen LogP contribution in [0.4, 0.5) is 4.79 Å². The Bertz CT molecular complexity index is 446. The summed E-state index contributed by atoms with van der Waals surface area (Å²) in [5.41, 5.74) is 5.02. The molecule has 1 atom stereocenters. The van der Waals surface area contributed by atoms with Crippen molar-refractivity contribution in [3.05, 3.63) is 34.9 Å². The summed E-state index contributed by atoms with van der Waals surface area (Å²) in [6.07, 6.45) is 0. The standard InChI is InChI=1S/C10H10ClN3O2/c11-7-3-1-6(2-4-7)10(5-12)8(15)13-9(16)14-10/h1-4H,5,12H2,(H2,13,14,15,16). The number of amides is 3. The van der Waals surface area contributed by atoms with E-state index in [4.69, 9.17) is 17.3 Å². The average molecular weight is 240 g/mol. The van der Waals surface area contributed by atoms with Crippen molar-refractivity contribution in [1.29, 1.82) is 0 Å². The number of hydrogen-bond acceptors (Lipinski definition) is 3. The van der Waals surface area contributed by atoms with Gasteiger partial charge in [0.15, 0.2) is 5.54 Å². The molecule has 0 spiro atoms. The van der Waals surface area contributed by atoms with Gasteiger partial charge in [0.1, 0.15) is 0 Å². The summed E-state index contributed by atoms with van der Waals surface area (Å²) in [5, 5.41) is 5.26. The zero-order valence-electron chi connectivity index (χ0n) is 8.29. The van der Waals surface area contributed by atoms with Gasteiger partial charge in [0.25, 0.3) is 5.91 Å². The fourth-order valence-electron chi connectivity index (χ4n) is 1.69. The first kappa shape index (κ1) is 10.9. The van der Waals surface area contributed by atoms with Gasteiger partial charge in [0.2, 0.25) is 0 Å². The lowest BCUT2D eigenvalue weighted by molar-refractivity contribution is -0.123. The fourth-order valence-corrected chi connectivity index (χ4v) is 1.82. The minimum absolute atomic E-state index is 0.00773. The summed E-state index contributed by atoms with van der Waals surface area (Å²) in [5.74, 6) is -0.442. The number of carbonyl (C=O) groups is 2. The van der Waals surface area contributed by atoms with Gasteiger partial charge < -0.3 is 11.1 Å². The lowest BCUT2D eigenvalue weighted by Gasteiger charge is -2.24. The third-order valence-electron chi connectivity index (χ3n) is 2.58. The Hall–Kier alpha value is -1.59. The quantitative estimate of drug-likeness (QED) is 0.651. The number of imide groups is 1. The molecule has 0 bridgehead atoms. The normalized spacial score (nSPS) is 24.1. The number of benzene rings is 1. The summed E-state index contributed by atoms with van der Waals surface area (Å²) in [4.78, 5) is 22.9. The van der Waals surface area contributed by atoms with Crippen molar-refractivity contribution in [2.24, 2.45) is 5.73 Å². The highest BCUT2D eigenvalue weighted by molar-refractivity contribution is 6.30. The largest absolute Gasteiger partial charge is 0.327 e. The Balaban J connectivity index is 2.46. The minimum atomic E-state index is -1.18. The van der Waals surface area contributed by atoms with E-state index in [9.17, 15) is 9.59 Å². The first-order valence-electron chi connectivity index (χ1n) is 4.68. The lowest BCUT2D eigenvalue weighted by Crippen LogP contribution is -2.49. The summed E-state index contributed by atoms with van der Waals surface area (Å²) in [6.45, 7) is -0.00773. The van der Waals surface area contributed by atoms with Crippen molar-refractivity contribution in [3.63, 3.8) is 0 Å². The van der Waals surface area contributed by atoms with Gasteiger partial charge >= 0.3 is 6.03 Å². The second-order valence-electron chi connectivity index (χ2n) is 3.52. The molecule has 1 fully saturated rings. The molecule has 1 aliphatic heterocycles. The number of rotatable bonds is 2. The molecule has 0 radical (unpaired) electrons. The summed E-state index contributed by atoms with van der Waals surface area (Å²) < 4.78 is 0. The molecule has 5 nitrogen and oxygen atoms in total. The predicted octanol–water partition coefficient (Wildman–Crippen LogP) is 0.333. The van der Waals surface area contributed by atoms with Crippen LogP contribution in [0.25, 0.3) is 0 Å². The van der Waals surface area contributed by atoms with Crippen LogP contribution in [0.3, 0.4) is 0 Å². The number of halogens is 1. The Kier molecular flexibility index (Phi) is 2.57. The van der Waals surface area contributed by atoms with E-state index in [-0.39, 0.29) is 6.54 Å². The Labute approximate surface area is 97.0 Å². The number of urea groups is 1. The van der Waals surface area contributed by atoms with Crippen molar-refractivity contribution in [1.82, 2.24) is 10.6 Å². The van der Waals surface area contributed by atoms with E-state index >= 15 is 0 Å². The van der Waals surface area contributed by atoms with Gasteiger partial charge in [-0.15, -0.1) is 0 Å². The van der Waals surface area contributed by atoms with E-state index in [1.807, 2.05) is 0 Å². The molecule has 0 saturated carbocycles. The molecular weight excluding hydrogens is 230 g/mol. The highest BCUT2D eigenvalue weighted by atomic mass is 35.5. The molecule has 84 valence electrons. The second-order valence-corrected chi connectivity index (χ2v) is 3.96. The zero-order chi connectivity index (χ0) is 11.8. The number of nitrogens with two attached hydrogens (primary N) is 1. The van der Waals surface area contributed by atoms with Gasteiger partial charge in [-0.2, -0.15) is 0 Å². The van der Waals surface area contributed by atoms with E-state index < -0.39 is 17.5 Å². The smallest absolute Gasteiger partial charge is 0.322 e. The third kappa shape index (κ3) is 1.54. The first-order chi connectivity index (χ1) is 7.58. The van der Waals surface area contributed by atoms with Crippen LogP contribution in [-0.2, 0) is 10.3 Å². The van der Waals surface area contributed by atoms with Crippen LogP contribution >= 0.6 is 11.6 Å². The van der Waals surface area contributed by atoms with Crippen molar-refractivity contribution in [3.8, 4) is 0 Å². The molecule has 0 aliphatic carbocycles.